The fourth-order valence-corrected chi connectivity index (χ4v) is 3.75. The van der Waals surface area contributed by atoms with Crippen LogP contribution in [0.2, 0.25) is 0 Å². The molecule has 0 atom stereocenters. The second kappa shape index (κ2) is 6.11. The molecule has 0 bridgehead atoms. The molecule has 1 aliphatic heterocycles. The molecule has 0 fully saturated rings. The number of ketones is 2. The SMILES string of the molecule is O=C1c2nc(Cc3ccc4c(c3)OCO4)n(CCO)c2C(=O)c2c(O)[nH]c(O)c21. The Labute approximate surface area is 163 Å². The van der Waals surface area contributed by atoms with Crippen molar-refractivity contribution in [2.45, 2.75) is 13.0 Å². The lowest BCUT2D eigenvalue weighted by Gasteiger charge is -2.14. The molecule has 1 aromatic carbocycles. The topological polar surface area (TPSA) is 147 Å². The van der Waals surface area contributed by atoms with Gasteiger partial charge in [-0.25, -0.2) is 4.98 Å². The van der Waals surface area contributed by atoms with Gasteiger partial charge in [0.05, 0.1) is 6.61 Å². The van der Waals surface area contributed by atoms with Gasteiger partial charge in [0, 0.05) is 13.0 Å². The van der Waals surface area contributed by atoms with Crippen molar-refractivity contribution in [1.29, 1.82) is 0 Å². The number of ether oxygens (including phenoxy) is 2. The predicted octanol–water partition coefficient (Wildman–Crippen LogP) is 0.710. The molecule has 0 saturated carbocycles. The molecule has 5 rings (SSSR count). The summed E-state index contributed by atoms with van der Waals surface area (Å²) in [5.74, 6) is -0.898. The second-order valence-corrected chi connectivity index (χ2v) is 6.70. The average molecular weight is 397 g/mol. The number of fused-ring (bicyclic) bond motifs is 3. The van der Waals surface area contributed by atoms with Crippen molar-refractivity contribution in [3.8, 4) is 23.3 Å². The average Bonchev–Trinajstić information content (AvgIpc) is 3.36. The van der Waals surface area contributed by atoms with Crippen LogP contribution in [0, 0.1) is 0 Å². The minimum atomic E-state index is -0.674. The maximum Gasteiger partial charge on any atom is 0.231 e. The first kappa shape index (κ1) is 17.3. The lowest BCUT2D eigenvalue weighted by Crippen LogP contribution is -2.23. The number of aromatic amines is 1. The van der Waals surface area contributed by atoms with Gasteiger partial charge in [0.2, 0.25) is 30.1 Å². The quantitative estimate of drug-likeness (QED) is 0.394. The molecule has 3 aromatic rings. The Morgan fingerprint density at radius 2 is 1.79 bits per heavy atom. The molecule has 0 unspecified atom stereocenters. The van der Waals surface area contributed by atoms with Crippen molar-refractivity contribution >= 4 is 11.6 Å². The summed E-state index contributed by atoms with van der Waals surface area (Å²) in [7, 11) is 0. The summed E-state index contributed by atoms with van der Waals surface area (Å²) in [5, 5.41) is 29.3. The highest BCUT2D eigenvalue weighted by Gasteiger charge is 2.41. The first-order chi connectivity index (χ1) is 14.0. The van der Waals surface area contributed by atoms with Gasteiger partial charge >= 0.3 is 0 Å². The fraction of sp³-hybridized carbons (Fsp3) is 0.211. The highest BCUT2D eigenvalue weighted by Crippen LogP contribution is 2.38. The number of aromatic nitrogens is 3. The van der Waals surface area contributed by atoms with Gasteiger partial charge in [-0.15, -0.1) is 0 Å². The monoisotopic (exact) mass is 397 g/mol. The number of imidazole rings is 1. The zero-order valence-electron chi connectivity index (χ0n) is 14.9. The lowest BCUT2D eigenvalue weighted by atomic mass is 9.93. The van der Waals surface area contributed by atoms with Gasteiger partial charge in [0.25, 0.3) is 0 Å². The first-order valence-electron chi connectivity index (χ1n) is 8.81. The van der Waals surface area contributed by atoms with E-state index in [2.05, 4.69) is 9.97 Å². The van der Waals surface area contributed by atoms with Crippen LogP contribution in [0.1, 0.15) is 43.5 Å². The Hall–Kier alpha value is -3.79. The summed E-state index contributed by atoms with van der Waals surface area (Å²) >= 11 is 0. The summed E-state index contributed by atoms with van der Waals surface area (Å²) < 4.78 is 12.1. The van der Waals surface area contributed by atoms with Gasteiger partial charge in [-0.2, -0.15) is 0 Å². The molecule has 0 amide bonds. The number of H-pyrrole nitrogens is 1. The number of hydrogen-bond donors (Lipinski definition) is 4. The molecule has 2 aliphatic rings. The number of carbonyl (C=O) groups excluding carboxylic acids is 2. The smallest absolute Gasteiger partial charge is 0.231 e. The van der Waals surface area contributed by atoms with Crippen LogP contribution in [0.4, 0.5) is 0 Å². The van der Waals surface area contributed by atoms with Gasteiger partial charge in [0.1, 0.15) is 28.3 Å². The Morgan fingerprint density at radius 1 is 1.07 bits per heavy atom. The van der Waals surface area contributed by atoms with Crippen molar-refractivity contribution in [2.24, 2.45) is 0 Å². The molecule has 2 aromatic heterocycles. The van der Waals surface area contributed by atoms with E-state index in [0.717, 1.165) is 5.56 Å². The molecule has 0 spiro atoms. The number of nitrogens with zero attached hydrogens (tertiary/aromatic N) is 2. The van der Waals surface area contributed by atoms with Crippen LogP contribution in [0.15, 0.2) is 18.2 Å². The predicted molar refractivity (Wildman–Crippen MR) is 95.7 cm³/mol. The normalized spacial score (nSPS) is 14.2. The molecule has 3 heterocycles. The van der Waals surface area contributed by atoms with Crippen LogP contribution in [0.3, 0.4) is 0 Å². The highest BCUT2D eigenvalue weighted by molar-refractivity contribution is 6.29. The van der Waals surface area contributed by atoms with Crippen molar-refractivity contribution in [1.82, 2.24) is 14.5 Å². The molecule has 4 N–H and O–H groups in total. The number of aliphatic hydroxyl groups excluding tert-OH is 1. The minimum absolute atomic E-state index is 0.0263. The molecule has 10 nitrogen and oxygen atoms in total. The maximum atomic E-state index is 13.0. The summed E-state index contributed by atoms with van der Waals surface area (Å²) in [6, 6.07) is 5.36. The van der Waals surface area contributed by atoms with Crippen LogP contribution in [-0.2, 0) is 13.0 Å². The third-order valence-electron chi connectivity index (χ3n) is 5.01. The van der Waals surface area contributed by atoms with Gasteiger partial charge in [0.15, 0.2) is 11.5 Å². The summed E-state index contributed by atoms with van der Waals surface area (Å²) in [5.41, 5.74) is 0.0567. The number of nitrogens with one attached hydrogen (secondary N) is 1. The number of rotatable bonds is 4. The molecule has 0 saturated heterocycles. The van der Waals surface area contributed by atoms with E-state index in [1.54, 1.807) is 12.1 Å². The number of aliphatic hydroxyl groups is 1. The third-order valence-corrected chi connectivity index (χ3v) is 5.01. The molecule has 29 heavy (non-hydrogen) atoms. The standard InChI is InChI=1S/C19H15N3O7/c23-4-3-22-11(6-8-1-2-9-10(5-8)29-7-28-9)20-14-15(22)17(25)13-12(16(14)24)18(26)21-19(13)27/h1-2,5,21,23,26-27H,3-4,6-7H2. The van der Waals surface area contributed by atoms with Gasteiger partial charge in [-0.1, -0.05) is 6.07 Å². The van der Waals surface area contributed by atoms with Crippen LogP contribution in [-0.4, -0.2) is 54.8 Å². The Balaban J connectivity index is 1.62. The highest BCUT2D eigenvalue weighted by atomic mass is 16.7. The zero-order chi connectivity index (χ0) is 20.3. The van der Waals surface area contributed by atoms with E-state index in [-0.39, 0.29) is 48.9 Å². The van der Waals surface area contributed by atoms with E-state index < -0.39 is 23.3 Å². The number of hydrogen-bond acceptors (Lipinski definition) is 8. The van der Waals surface area contributed by atoms with Gasteiger partial charge < -0.3 is 29.4 Å². The Bertz CT molecular complexity index is 1190. The van der Waals surface area contributed by atoms with Crippen molar-refractivity contribution in [3.05, 3.63) is 52.1 Å². The molecule has 1 aliphatic carbocycles. The van der Waals surface area contributed by atoms with Crippen LogP contribution in [0.25, 0.3) is 0 Å². The van der Waals surface area contributed by atoms with Crippen molar-refractivity contribution in [3.63, 3.8) is 0 Å². The number of benzene rings is 1. The molecular weight excluding hydrogens is 382 g/mol. The summed E-state index contributed by atoms with van der Waals surface area (Å²) in [6.07, 6.45) is 0.262. The van der Waals surface area contributed by atoms with Crippen LogP contribution < -0.4 is 9.47 Å². The van der Waals surface area contributed by atoms with Gasteiger partial charge in [-0.05, 0) is 17.7 Å². The largest absolute Gasteiger partial charge is 0.494 e. The maximum absolute atomic E-state index is 13.0. The van der Waals surface area contributed by atoms with Crippen LogP contribution in [0.5, 0.6) is 23.3 Å². The lowest BCUT2D eigenvalue weighted by molar-refractivity contribution is 0.0967. The minimum Gasteiger partial charge on any atom is -0.494 e. The molecule has 0 radical (unpaired) electrons. The molecule has 10 heteroatoms. The number of aromatic hydroxyl groups is 2. The third kappa shape index (κ3) is 2.42. The van der Waals surface area contributed by atoms with E-state index in [0.29, 0.717) is 17.3 Å². The van der Waals surface area contributed by atoms with Crippen LogP contribution >= 0.6 is 0 Å². The van der Waals surface area contributed by atoms with E-state index in [4.69, 9.17) is 9.47 Å². The number of carbonyl (C=O) groups is 2. The molecular formula is C19H15N3O7. The van der Waals surface area contributed by atoms with E-state index in [1.807, 2.05) is 6.07 Å². The van der Waals surface area contributed by atoms with Crippen molar-refractivity contribution in [2.75, 3.05) is 13.4 Å². The first-order valence-corrected chi connectivity index (χ1v) is 8.81. The Morgan fingerprint density at radius 3 is 2.55 bits per heavy atom. The van der Waals surface area contributed by atoms with E-state index in [9.17, 15) is 24.9 Å². The summed E-state index contributed by atoms with van der Waals surface area (Å²) in [6.45, 7) is -0.107. The molecule has 148 valence electrons. The Kier molecular flexibility index (Phi) is 3.65. The zero-order valence-corrected chi connectivity index (χ0v) is 14.9. The summed E-state index contributed by atoms with van der Waals surface area (Å²) in [4.78, 5) is 32.4. The van der Waals surface area contributed by atoms with E-state index >= 15 is 0 Å². The second-order valence-electron chi connectivity index (χ2n) is 6.70. The van der Waals surface area contributed by atoms with Crippen molar-refractivity contribution < 1.29 is 34.4 Å². The van der Waals surface area contributed by atoms with Gasteiger partial charge in [-0.3, -0.25) is 14.6 Å². The van der Waals surface area contributed by atoms with E-state index in [1.165, 1.54) is 4.57 Å². The fourth-order valence-electron chi connectivity index (χ4n) is 3.75.